The molecule has 0 N–H and O–H groups in total. The summed E-state index contributed by atoms with van der Waals surface area (Å²) in [6.07, 6.45) is 11.2. The molecular weight excluding hydrogens is 425 g/mol. The predicted molar refractivity (Wildman–Crippen MR) is 111 cm³/mol. The molecule has 0 fully saturated rings. The molecule has 0 saturated carbocycles. The molecule has 0 radical (unpaired) electrons. The molecule has 1 aromatic heterocycles. The van der Waals surface area contributed by atoms with Crippen molar-refractivity contribution in [3.05, 3.63) is 101 Å². The van der Waals surface area contributed by atoms with Gasteiger partial charge in [-0.25, -0.2) is 6.08 Å². The van der Waals surface area contributed by atoms with Crippen LogP contribution in [-0.4, -0.2) is 4.98 Å². The molecule has 0 saturated heterocycles. The van der Waals surface area contributed by atoms with Crippen LogP contribution in [0.1, 0.15) is 12.0 Å². The Hall–Kier alpha value is -1.27. The number of pyridine rings is 1. The molecule has 5 heteroatoms. The zero-order valence-corrected chi connectivity index (χ0v) is 17.6. The summed E-state index contributed by atoms with van der Waals surface area (Å²) in [5, 5.41) is 1.94. The van der Waals surface area contributed by atoms with Crippen molar-refractivity contribution in [1.29, 1.82) is 0 Å². The Balaban J connectivity index is 0.000000441. The SMILES string of the molecule is Cl.Cl.Clc1ccc(CC2=CC[C-]=C2)cc1.[Cr+2].[c-]1cccc2cccnc12. The summed E-state index contributed by atoms with van der Waals surface area (Å²) in [6, 6.07) is 20.8. The second-order valence-corrected chi connectivity index (χ2v) is 5.68. The first-order valence-corrected chi connectivity index (χ1v) is 7.90. The molecule has 0 bridgehead atoms. The predicted octanol–water partition coefficient (Wildman–Crippen LogP) is 6.45. The van der Waals surface area contributed by atoms with Crippen LogP contribution in [0.2, 0.25) is 5.02 Å². The summed E-state index contributed by atoms with van der Waals surface area (Å²) in [4.78, 5) is 4.13. The van der Waals surface area contributed by atoms with Gasteiger partial charge in [0.1, 0.15) is 0 Å². The second-order valence-electron chi connectivity index (χ2n) is 5.25. The van der Waals surface area contributed by atoms with Gasteiger partial charge >= 0.3 is 17.4 Å². The van der Waals surface area contributed by atoms with E-state index in [1.54, 1.807) is 6.20 Å². The topological polar surface area (TPSA) is 12.9 Å². The fourth-order valence-electron chi connectivity index (χ4n) is 2.35. The van der Waals surface area contributed by atoms with Gasteiger partial charge in [-0.3, -0.25) is 11.1 Å². The number of aromatic nitrogens is 1. The van der Waals surface area contributed by atoms with Crippen molar-refractivity contribution in [2.75, 3.05) is 0 Å². The molecular formula is C21H18Cl3CrN. The summed E-state index contributed by atoms with van der Waals surface area (Å²) < 4.78 is 0. The van der Waals surface area contributed by atoms with Crippen molar-refractivity contribution in [3.8, 4) is 0 Å². The number of para-hydroxylation sites is 1. The molecule has 0 atom stereocenters. The third-order valence-corrected chi connectivity index (χ3v) is 3.77. The zero-order chi connectivity index (χ0) is 15.9. The summed E-state index contributed by atoms with van der Waals surface area (Å²) in [5.41, 5.74) is 3.59. The van der Waals surface area contributed by atoms with Crippen molar-refractivity contribution < 1.29 is 17.4 Å². The number of allylic oxidation sites excluding steroid dienone is 4. The van der Waals surface area contributed by atoms with Gasteiger partial charge in [-0.05, 0) is 17.6 Å². The third kappa shape index (κ3) is 7.54. The first kappa shape index (κ1) is 24.7. The van der Waals surface area contributed by atoms with E-state index in [2.05, 4.69) is 41.4 Å². The van der Waals surface area contributed by atoms with Gasteiger partial charge in [0.15, 0.2) is 0 Å². The monoisotopic (exact) mass is 441 g/mol. The first-order chi connectivity index (χ1) is 11.3. The van der Waals surface area contributed by atoms with Gasteiger partial charge in [0.25, 0.3) is 0 Å². The summed E-state index contributed by atoms with van der Waals surface area (Å²) in [6.45, 7) is 0. The van der Waals surface area contributed by atoms with Crippen molar-refractivity contribution >= 4 is 47.3 Å². The van der Waals surface area contributed by atoms with Crippen LogP contribution in [0.15, 0.2) is 78.5 Å². The first-order valence-electron chi connectivity index (χ1n) is 7.53. The van der Waals surface area contributed by atoms with Crippen LogP contribution >= 0.6 is 36.4 Å². The molecule has 0 unspecified atom stereocenters. The largest absolute Gasteiger partial charge is 2.00 e. The molecule has 4 rings (SSSR count). The van der Waals surface area contributed by atoms with Crippen LogP contribution in [0.4, 0.5) is 0 Å². The Morgan fingerprint density at radius 1 is 1.00 bits per heavy atom. The van der Waals surface area contributed by atoms with Gasteiger partial charge in [0.2, 0.25) is 0 Å². The molecule has 0 aliphatic heterocycles. The maximum atomic E-state index is 5.79. The molecule has 134 valence electrons. The van der Waals surface area contributed by atoms with Gasteiger partial charge < -0.3 is 0 Å². The fraction of sp³-hybridized carbons (Fsp3) is 0.0952. The Kier molecular flexibility index (Phi) is 12.4. The average Bonchev–Trinajstić information content (AvgIpc) is 3.11. The Morgan fingerprint density at radius 3 is 2.38 bits per heavy atom. The van der Waals surface area contributed by atoms with E-state index >= 15 is 0 Å². The zero-order valence-electron chi connectivity index (χ0n) is 13.9. The van der Waals surface area contributed by atoms with Crippen molar-refractivity contribution in [2.24, 2.45) is 0 Å². The number of hydrogen-bond acceptors (Lipinski definition) is 1. The molecule has 1 nitrogen and oxygen atoms in total. The van der Waals surface area contributed by atoms with E-state index in [-0.39, 0.29) is 42.2 Å². The Labute approximate surface area is 183 Å². The molecule has 1 aliphatic carbocycles. The van der Waals surface area contributed by atoms with Crippen LogP contribution < -0.4 is 0 Å². The van der Waals surface area contributed by atoms with E-state index in [0.717, 1.165) is 28.8 Å². The normalized spacial score (nSPS) is 11.2. The summed E-state index contributed by atoms with van der Waals surface area (Å²) in [7, 11) is 0. The van der Waals surface area contributed by atoms with Crippen LogP contribution in [0.25, 0.3) is 10.9 Å². The molecule has 2 aromatic carbocycles. The van der Waals surface area contributed by atoms with Crippen molar-refractivity contribution in [1.82, 2.24) is 4.98 Å². The fourth-order valence-corrected chi connectivity index (χ4v) is 2.48. The van der Waals surface area contributed by atoms with E-state index < -0.39 is 0 Å². The molecule has 3 aromatic rings. The second kappa shape index (κ2) is 13.0. The van der Waals surface area contributed by atoms with E-state index in [1.165, 1.54) is 11.1 Å². The summed E-state index contributed by atoms with van der Waals surface area (Å²) >= 11 is 5.79. The maximum absolute atomic E-state index is 5.79. The third-order valence-electron chi connectivity index (χ3n) is 3.52. The van der Waals surface area contributed by atoms with E-state index in [9.17, 15) is 0 Å². The Bertz CT molecular complexity index is 780. The van der Waals surface area contributed by atoms with Crippen molar-refractivity contribution in [2.45, 2.75) is 12.8 Å². The number of halogens is 3. The minimum atomic E-state index is 0. The maximum Gasteiger partial charge on any atom is 2.00 e. The quantitative estimate of drug-likeness (QED) is 0.416. The van der Waals surface area contributed by atoms with E-state index in [1.807, 2.05) is 42.5 Å². The smallest absolute Gasteiger partial charge is 0.283 e. The molecule has 26 heavy (non-hydrogen) atoms. The minimum absolute atomic E-state index is 0. The number of rotatable bonds is 2. The van der Waals surface area contributed by atoms with Gasteiger partial charge in [0, 0.05) is 11.2 Å². The molecule has 0 spiro atoms. The van der Waals surface area contributed by atoms with Crippen LogP contribution in [0, 0.1) is 12.1 Å². The van der Waals surface area contributed by atoms with Gasteiger partial charge in [-0.2, -0.15) is 35.9 Å². The van der Waals surface area contributed by atoms with E-state index in [4.69, 9.17) is 11.6 Å². The summed E-state index contributed by atoms with van der Waals surface area (Å²) in [5.74, 6) is 0. The Morgan fingerprint density at radius 2 is 1.73 bits per heavy atom. The number of hydrogen-bond donors (Lipinski definition) is 0. The molecule has 0 amide bonds. The number of benzene rings is 2. The average molecular weight is 443 g/mol. The van der Waals surface area contributed by atoms with Crippen molar-refractivity contribution in [3.63, 3.8) is 0 Å². The van der Waals surface area contributed by atoms with E-state index in [0.29, 0.717) is 0 Å². The van der Waals surface area contributed by atoms with Gasteiger partial charge in [-0.15, -0.1) is 42.7 Å². The van der Waals surface area contributed by atoms with Crippen LogP contribution in [-0.2, 0) is 23.8 Å². The number of fused-ring (bicyclic) bond motifs is 1. The standard InChI is InChI=1S/C12H10Cl.C9H6N.2ClH.Cr/c13-12-7-5-11(6-8-12)9-10-3-1-2-4-10;1-2-6-9-8(4-1)5-3-7-10-9;;;/h3-8H,1,9H2;1-5,7H;2*1H;/q2*-1;;;+2. The molecule has 1 aliphatic rings. The molecule has 1 heterocycles. The van der Waals surface area contributed by atoms with Gasteiger partial charge in [0.05, 0.1) is 0 Å². The minimum Gasteiger partial charge on any atom is -0.283 e. The van der Waals surface area contributed by atoms with Gasteiger partial charge in [-0.1, -0.05) is 41.8 Å². The van der Waals surface area contributed by atoms with Crippen LogP contribution in [0.5, 0.6) is 0 Å². The van der Waals surface area contributed by atoms with Crippen LogP contribution in [0.3, 0.4) is 0 Å². The number of nitrogens with zero attached hydrogens (tertiary/aromatic N) is 1.